The predicted molar refractivity (Wildman–Crippen MR) is 91.6 cm³/mol. The monoisotopic (exact) mass is 349 g/mol. The van der Waals surface area contributed by atoms with Crippen molar-refractivity contribution in [1.29, 1.82) is 0 Å². The summed E-state index contributed by atoms with van der Waals surface area (Å²) in [5, 5.41) is 8.18. The molecule has 4 heteroatoms. The molecule has 0 bridgehead atoms. The number of hydrogen-bond donors (Lipinski definition) is 1. The van der Waals surface area contributed by atoms with Crippen LogP contribution >= 0.6 is 15.9 Å². The molecule has 21 heavy (non-hydrogen) atoms. The lowest BCUT2D eigenvalue weighted by Crippen LogP contribution is -2.24. The van der Waals surface area contributed by atoms with Gasteiger partial charge in [0.2, 0.25) is 0 Å². The lowest BCUT2D eigenvalue weighted by Gasteiger charge is -2.19. The van der Waals surface area contributed by atoms with Gasteiger partial charge in [0, 0.05) is 19.0 Å². The van der Waals surface area contributed by atoms with E-state index in [9.17, 15) is 0 Å². The van der Waals surface area contributed by atoms with E-state index < -0.39 is 0 Å². The third kappa shape index (κ3) is 3.74. The van der Waals surface area contributed by atoms with E-state index in [4.69, 9.17) is 0 Å². The van der Waals surface area contributed by atoms with E-state index in [1.165, 1.54) is 16.8 Å². The van der Waals surface area contributed by atoms with Crippen LogP contribution in [0.15, 0.2) is 28.7 Å². The molecule has 0 spiro atoms. The first-order valence-corrected chi connectivity index (χ1v) is 8.37. The van der Waals surface area contributed by atoms with Crippen molar-refractivity contribution >= 4 is 15.9 Å². The second-order valence-corrected chi connectivity index (χ2v) is 6.18. The summed E-state index contributed by atoms with van der Waals surface area (Å²) in [6.07, 6.45) is 0.937. The van der Waals surface area contributed by atoms with Crippen LogP contribution in [0.2, 0.25) is 0 Å². The van der Waals surface area contributed by atoms with Crippen molar-refractivity contribution in [2.24, 2.45) is 0 Å². The number of benzene rings is 1. The number of hydrogen-bond acceptors (Lipinski definition) is 2. The number of aromatic nitrogens is 2. The maximum atomic E-state index is 4.59. The lowest BCUT2D eigenvalue weighted by molar-refractivity contribution is 0.515. The van der Waals surface area contributed by atoms with E-state index in [2.05, 4.69) is 76.1 Å². The number of nitrogens with zero attached hydrogens (tertiary/aromatic N) is 2. The fourth-order valence-electron chi connectivity index (χ4n) is 2.61. The molecule has 1 N–H and O–H groups in total. The van der Waals surface area contributed by atoms with Gasteiger partial charge in [0.05, 0.1) is 15.9 Å². The molecule has 0 saturated carbocycles. The Balaban J connectivity index is 2.30. The Bertz CT molecular complexity index is 587. The predicted octanol–water partition coefficient (Wildman–Crippen LogP) is 4.18. The van der Waals surface area contributed by atoms with Crippen molar-refractivity contribution < 1.29 is 0 Å². The van der Waals surface area contributed by atoms with Gasteiger partial charge in [-0.15, -0.1) is 0 Å². The van der Waals surface area contributed by atoms with Gasteiger partial charge in [-0.2, -0.15) is 5.10 Å². The SMILES string of the molecule is CCNC(Cc1c(Br)c(C)nn1CC)c1ccc(C)cc1. The molecule has 2 aromatic rings. The second-order valence-electron chi connectivity index (χ2n) is 5.39. The summed E-state index contributed by atoms with van der Waals surface area (Å²) in [6, 6.07) is 9.11. The zero-order chi connectivity index (χ0) is 15.4. The summed E-state index contributed by atoms with van der Waals surface area (Å²) in [5.74, 6) is 0. The van der Waals surface area contributed by atoms with E-state index in [0.717, 1.165) is 29.7 Å². The zero-order valence-electron chi connectivity index (χ0n) is 13.3. The summed E-state index contributed by atoms with van der Waals surface area (Å²) in [4.78, 5) is 0. The Morgan fingerprint density at radius 1 is 1.19 bits per heavy atom. The Morgan fingerprint density at radius 3 is 2.43 bits per heavy atom. The standard InChI is InChI=1S/C17H24BrN3/c1-5-19-15(14-9-7-12(3)8-10-14)11-16-17(18)13(4)20-21(16)6-2/h7-10,15,19H,5-6,11H2,1-4H3. The van der Waals surface area contributed by atoms with Crippen LogP contribution in [0.4, 0.5) is 0 Å². The Kier molecular flexibility index (Phi) is 5.59. The van der Waals surface area contributed by atoms with Gasteiger partial charge in [0.25, 0.3) is 0 Å². The van der Waals surface area contributed by atoms with Gasteiger partial charge in [-0.25, -0.2) is 0 Å². The molecule has 0 aliphatic carbocycles. The fraction of sp³-hybridized carbons (Fsp3) is 0.471. The third-order valence-electron chi connectivity index (χ3n) is 3.78. The minimum Gasteiger partial charge on any atom is -0.310 e. The molecule has 1 unspecified atom stereocenters. The number of halogens is 1. The van der Waals surface area contributed by atoms with Crippen molar-refractivity contribution in [1.82, 2.24) is 15.1 Å². The van der Waals surface area contributed by atoms with Crippen molar-refractivity contribution in [3.8, 4) is 0 Å². The van der Waals surface area contributed by atoms with Gasteiger partial charge in [-0.05, 0) is 48.8 Å². The maximum Gasteiger partial charge on any atom is 0.0738 e. The van der Waals surface area contributed by atoms with Crippen molar-refractivity contribution in [3.05, 3.63) is 51.3 Å². The number of nitrogens with one attached hydrogen (secondary N) is 1. The average Bonchev–Trinajstić information content (AvgIpc) is 2.75. The molecule has 0 radical (unpaired) electrons. The molecule has 1 aromatic heterocycles. The first-order chi connectivity index (χ1) is 10.1. The lowest BCUT2D eigenvalue weighted by atomic mass is 10.0. The van der Waals surface area contributed by atoms with Gasteiger partial charge >= 0.3 is 0 Å². The Morgan fingerprint density at radius 2 is 1.86 bits per heavy atom. The quantitative estimate of drug-likeness (QED) is 0.847. The Labute approximate surface area is 135 Å². The van der Waals surface area contributed by atoms with E-state index in [-0.39, 0.29) is 0 Å². The molecule has 1 atom stereocenters. The van der Waals surface area contributed by atoms with Crippen molar-refractivity contribution in [2.45, 2.75) is 46.7 Å². The van der Waals surface area contributed by atoms with Crippen LogP contribution in [-0.4, -0.2) is 16.3 Å². The highest BCUT2D eigenvalue weighted by atomic mass is 79.9. The summed E-state index contributed by atoms with van der Waals surface area (Å²) in [6.45, 7) is 10.3. The normalized spacial score (nSPS) is 12.6. The highest BCUT2D eigenvalue weighted by molar-refractivity contribution is 9.10. The molecule has 0 aliphatic rings. The van der Waals surface area contributed by atoms with Crippen molar-refractivity contribution in [3.63, 3.8) is 0 Å². The molecule has 0 fully saturated rings. The molecular formula is C17H24BrN3. The summed E-state index contributed by atoms with van der Waals surface area (Å²) in [5.41, 5.74) is 4.95. The molecule has 114 valence electrons. The van der Waals surface area contributed by atoms with Gasteiger partial charge < -0.3 is 5.32 Å². The van der Waals surface area contributed by atoms with Gasteiger partial charge in [-0.3, -0.25) is 4.68 Å². The molecule has 0 saturated heterocycles. The van der Waals surface area contributed by atoms with Crippen LogP contribution in [0, 0.1) is 13.8 Å². The van der Waals surface area contributed by atoms with Crippen LogP contribution in [0.25, 0.3) is 0 Å². The number of likely N-dealkylation sites (N-methyl/N-ethyl adjacent to an activating group) is 1. The minimum atomic E-state index is 0.313. The van der Waals surface area contributed by atoms with Crippen LogP contribution in [0.5, 0.6) is 0 Å². The van der Waals surface area contributed by atoms with Crippen LogP contribution in [-0.2, 0) is 13.0 Å². The van der Waals surface area contributed by atoms with Gasteiger partial charge in [0.1, 0.15) is 0 Å². The largest absolute Gasteiger partial charge is 0.310 e. The van der Waals surface area contributed by atoms with E-state index in [0.29, 0.717) is 6.04 Å². The van der Waals surface area contributed by atoms with Crippen LogP contribution < -0.4 is 5.32 Å². The molecule has 1 aromatic carbocycles. The molecule has 1 heterocycles. The molecule has 0 aliphatic heterocycles. The topological polar surface area (TPSA) is 29.9 Å². The highest BCUT2D eigenvalue weighted by Crippen LogP contribution is 2.26. The summed E-state index contributed by atoms with van der Waals surface area (Å²) in [7, 11) is 0. The first-order valence-electron chi connectivity index (χ1n) is 7.58. The van der Waals surface area contributed by atoms with Gasteiger partial charge in [-0.1, -0.05) is 36.8 Å². The fourth-order valence-corrected chi connectivity index (χ4v) is 3.06. The third-order valence-corrected chi connectivity index (χ3v) is 4.81. The molecule has 0 amide bonds. The van der Waals surface area contributed by atoms with E-state index in [1.807, 2.05) is 6.92 Å². The van der Waals surface area contributed by atoms with E-state index >= 15 is 0 Å². The molecule has 3 nitrogen and oxygen atoms in total. The zero-order valence-corrected chi connectivity index (χ0v) is 14.9. The minimum absolute atomic E-state index is 0.313. The number of aryl methyl sites for hydroxylation is 3. The first kappa shape index (κ1) is 16.2. The average molecular weight is 350 g/mol. The highest BCUT2D eigenvalue weighted by Gasteiger charge is 2.18. The second kappa shape index (κ2) is 7.23. The van der Waals surface area contributed by atoms with Crippen LogP contribution in [0.1, 0.15) is 42.4 Å². The maximum absolute atomic E-state index is 4.59. The van der Waals surface area contributed by atoms with E-state index in [1.54, 1.807) is 0 Å². The number of rotatable bonds is 6. The Hall–Kier alpha value is -1.13. The summed E-state index contributed by atoms with van der Waals surface area (Å²) >= 11 is 3.69. The van der Waals surface area contributed by atoms with Gasteiger partial charge in [0.15, 0.2) is 0 Å². The molecular weight excluding hydrogens is 326 g/mol. The van der Waals surface area contributed by atoms with Crippen LogP contribution in [0.3, 0.4) is 0 Å². The summed E-state index contributed by atoms with van der Waals surface area (Å²) < 4.78 is 3.23. The smallest absolute Gasteiger partial charge is 0.0738 e. The van der Waals surface area contributed by atoms with Crippen molar-refractivity contribution in [2.75, 3.05) is 6.54 Å². The molecule has 2 rings (SSSR count).